The fraction of sp³-hybridized carbons (Fsp3) is 0.667. The molecule has 0 fully saturated rings. The zero-order valence-corrected chi connectivity index (χ0v) is 14.4. The van der Waals surface area contributed by atoms with Gasteiger partial charge >= 0.3 is 0 Å². The van der Waals surface area contributed by atoms with Crippen molar-refractivity contribution in [3.63, 3.8) is 0 Å². The average Bonchev–Trinajstić information content (AvgIpc) is 2.28. The van der Waals surface area contributed by atoms with Crippen LogP contribution in [0.4, 0.5) is 0 Å². The maximum Gasteiger partial charge on any atom is 0.0230 e. The smallest absolute Gasteiger partial charge is 0.0230 e. The summed E-state index contributed by atoms with van der Waals surface area (Å²) >= 11 is 0. The van der Waals surface area contributed by atoms with Gasteiger partial charge in [-0.05, 0) is 45.7 Å². The van der Waals surface area contributed by atoms with Crippen LogP contribution in [-0.4, -0.2) is 30.6 Å². The van der Waals surface area contributed by atoms with E-state index in [0.717, 1.165) is 19.6 Å². The van der Waals surface area contributed by atoms with E-state index in [2.05, 4.69) is 83.1 Å². The van der Waals surface area contributed by atoms with Gasteiger partial charge in [0.15, 0.2) is 0 Å². The Morgan fingerprint density at radius 1 is 1.00 bits per heavy atom. The minimum Gasteiger partial charge on any atom is -0.311 e. The van der Waals surface area contributed by atoms with Crippen LogP contribution in [0, 0.1) is 12.3 Å². The number of rotatable bonds is 6. The minimum absolute atomic E-state index is 0.187. The van der Waals surface area contributed by atoms with Crippen molar-refractivity contribution in [2.45, 2.75) is 53.6 Å². The maximum atomic E-state index is 3.61. The SMILES string of the molecule is Cc1ccc(CN(C)CC(C)(C)CNC(C)(C)C)cc1. The molecule has 0 saturated heterocycles. The molecule has 114 valence electrons. The van der Waals surface area contributed by atoms with Gasteiger partial charge in [-0.1, -0.05) is 43.7 Å². The second-order valence-electron chi connectivity index (χ2n) is 7.93. The van der Waals surface area contributed by atoms with Gasteiger partial charge in [-0.2, -0.15) is 0 Å². The Morgan fingerprint density at radius 2 is 1.55 bits per heavy atom. The molecule has 0 bridgehead atoms. The van der Waals surface area contributed by atoms with Crippen molar-refractivity contribution in [2.75, 3.05) is 20.1 Å². The molecule has 0 aliphatic heterocycles. The molecule has 20 heavy (non-hydrogen) atoms. The number of aryl methyl sites for hydroxylation is 1. The lowest BCUT2D eigenvalue weighted by molar-refractivity contribution is 0.186. The molecule has 0 radical (unpaired) electrons. The van der Waals surface area contributed by atoms with Crippen molar-refractivity contribution in [1.29, 1.82) is 0 Å². The van der Waals surface area contributed by atoms with Gasteiger partial charge < -0.3 is 10.2 Å². The van der Waals surface area contributed by atoms with Crippen molar-refractivity contribution in [2.24, 2.45) is 5.41 Å². The topological polar surface area (TPSA) is 15.3 Å². The molecule has 2 heteroatoms. The van der Waals surface area contributed by atoms with E-state index < -0.39 is 0 Å². The normalized spacial score (nSPS) is 13.0. The Balaban J connectivity index is 2.47. The summed E-state index contributed by atoms with van der Waals surface area (Å²) in [5.74, 6) is 0. The van der Waals surface area contributed by atoms with Gasteiger partial charge in [-0.3, -0.25) is 0 Å². The summed E-state index contributed by atoms with van der Waals surface area (Å²) in [5.41, 5.74) is 3.17. The molecule has 0 unspecified atom stereocenters. The van der Waals surface area contributed by atoms with Gasteiger partial charge in [0.25, 0.3) is 0 Å². The predicted molar refractivity (Wildman–Crippen MR) is 89.0 cm³/mol. The third-order valence-corrected chi connectivity index (χ3v) is 3.37. The Bertz CT molecular complexity index is 398. The first-order chi connectivity index (χ1) is 9.07. The Labute approximate surface area is 125 Å². The van der Waals surface area contributed by atoms with Crippen LogP contribution in [0.15, 0.2) is 24.3 Å². The standard InChI is InChI=1S/C18H32N2/c1-15-8-10-16(11-9-15)12-20(7)14-18(5,6)13-19-17(2,3)4/h8-11,19H,12-14H2,1-7H3. The number of nitrogens with one attached hydrogen (secondary N) is 1. The zero-order chi connectivity index (χ0) is 15.4. The van der Waals surface area contributed by atoms with E-state index in [1.165, 1.54) is 11.1 Å². The fourth-order valence-corrected chi connectivity index (χ4v) is 2.35. The van der Waals surface area contributed by atoms with Gasteiger partial charge in [-0.15, -0.1) is 0 Å². The molecular formula is C18H32N2. The molecule has 1 N–H and O–H groups in total. The van der Waals surface area contributed by atoms with Gasteiger partial charge in [0, 0.05) is 25.2 Å². The third-order valence-electron chi connectivity index (χ3n) is 3.37. The van der Waals surface area contributed by atoms with Crippen molar-refractivity contribution in [1.82, 2.24) is 10.2 Å². The van der Waals surface area contributed by atoms with Crippen LogP contribution in [0.2, 0.25) is 0 Å². The molecule has 0 amide bonds. The molecule has 0 aromatic heterocycles. The summed E-state index contributed by atoms with van der Waals surface area (Å²) in [6.45, 7) is 16.6. The minimum atomic E-state index is 0.187. The zero-order valence-electron chi connectivity index (χ0n) is 14.4. The highest BCUT2D eigenvalue weighted by Crippen LogP contribution is 2.18. The molecule has 0 aliphatic carbocycles. The number of benzene rings is 1. The number of nitrogens with zero attached hydrogens (tertiary/aromatic N) is 1. The average molecular weight is 276 g/mol. The lowest BCUT2D eigenvalue weighted by Crippen LogP contribution is -2.45. The summed E-state index contributed by atoms with van der Waals surface area (Å²) in [6.07, 6.45) is 0. The molecule has 0 heterocycles. The Morgan fingerprint density at radius 3 is 2.05 bits per heavy atom. The summed E-state index contributed by atoms with van der Waals surface area (Å²) in [5, 5.41) is 3.61. The largest absolute Gasteiger partial charge is 0.311 e. The van der Waals surface area contributed by atoms with Crippen LogP contribution in [-0.2, 0) is 6.54 Å². The van der Waals surface area contributed by atoms with Crippen LogP contribution < -0.4 is 5.32 Å². The van der Waals surface area contributed by atoms with E-state index in [1.54, 1.807) is 0 Å². The highest BCUT2D eigenvalue weighted by atomic mass is 15.1. The molecule has 1 rings (SSSR count). The Kier molecular flexibility index (Phi) is 5.79. The van der Waals surface area contributed by atoms with Gasteiger partial charge in [-0.25, -0.2) is 0 Å². The van der Waals surface area contributed by atoms with Gasteiger partial charge in [0.1, 0.15) is 0 Å². The molecule has 0 spiro atoms. The maximum absolute atomic E-state index is 3.61. The van der Waals surface area contributed by atoms with Gasteiger partial charge in [0.2, 0.25) is 0 Å². The first-order valence-corrected chi connectivity index (χ1v) is 7.57. The van der Waals surface area contributed by atoms with E-state index in [9.17, 15) is 0 Å². The molecule has 1 aromatic carbocycles. The van der Waals surface area contributed by atoms with Crippen molar-refractivity contribution in [3.8, 4) is 0 Å². The predicted octanol–water partition coefficient (Wildman–Crippen LogP) is 3.84. The lowest BCUT2D eigenvalue weighted by atomic mass is 9.91. The first-order valence-electron chi connectivity index (χ1n) is 7.57. The molecule has 2 nitrogen and oxygen atoms in total. The second-order valence-corrected chi connectivity index (χ2v) is 7.93. The first kappa shape index (κ1) is 17.2. The number of hydrogen-bond acceptors (Lipinski definition) is 2. The van der Waals surface area contributed by atoms with Crippen molar-refractivity contribution >= 4 is 0 Å². The fourth-order valence-electron chi connectivity index (χ4n) is 2.35. The van der Waals surface area contributed by atoms with Crippen molar-refractivity contribution < 1.29 is 0 Å². The molecule has 1 aromatic rings. The third kappa shape index (κ3) is 7.06. The summed E-state index contributed by atoms with van der Waals surface area (Å²) in [6, 6.07) is 8.84. The van der Waals surface area contributed by atoms with Crippen LogP contribution in [0.5, 0.6) is 0 Å². The van der Waals surface area contributed by atoms with E-state index in [1.807, 2.05) is 0 Å². The van der Waals surface area contributed by atoms with Crippen LogP contribution in [0.1, 0.15) is 45.7 Å². The summed E-state index contributed by atoms with van der Waals surface area (Å²) in [4.78, 5) is 2.41. The summed E-state index contributed by atoms with van der Waals surface area (Å²) < 4.78 is 0. The van der Waals surface area contributed by atoms with E-state index in [0.29, 0.717) is 0 Å². The van der Waals surface area contributed by atoms with E-state index in [4.69, 9.17) is 0 Å². The molecular weight excluding hydrogens is 244 g/mol. The van der Waals surface area contributed by atoms with Crippen LogP contribution >= 0.6 is 0 Å². The van der Waals surface area contributed by atoms with Gasteiger partial charge in [0.05, 0.1) is 0 Å². The summed E-state index contributed by atoms with van der Waals surface area (Å²) in [7, 11) is 2.21. The molecule has 0 atom stereocenters. The quantitative estimate of drug-likeness (QED) is 0.849. The second kappa shape index (κ2) is 6.73. The van der Waals surface area contributed by atoms with E-state index >= 15 is 0 Å². The highest BCUT2D eigenvalue weighted by Gasteiger charge is 2.22. The van der Waals surface area contributed by atoms with Crippen molar-refractivity contribution in [3.05, 3.63) is 35.4 Å². The lowest BCUT2D eigenvalue weighted by Gasteiger charge is -2.34. The highest BCUT2D eigenvalue weighted by molar-refractivity contribution is 5.21. The number of hydrogen-bond donors (Lipinski definition) is 1. The molecule has 0 saturated carbocycles. The monoisotopic (exact) mass is 276 g/mol. The molecule has 0 aliphatic rings. The van der Waals surface area contributed by atoms with Crippen LogP contribution in [0.3, 0.4) is 0 Å². The Hall–Kier alpha value is -0.860. The van der Waals surface area contributed by atoms with Crippen LogP contribution in [0.25, 0.3) is 0 Å². The van der Waals surface area contributed by atoms with E-state index in [-0.39, 0.29) is 11.0 Å².